The van der Waals surface area contributed by atoms with Crippen LogP contribution in [0.15, 0.2) is 18.2 Å². The van der Waals surface area contributed by atoms with Gasteiger partial charge in [-0.25, -0.2) is 0 Å². The van der Waals surface area contributed by atoms with Crippen molar-refractivity contribution in [3.63, 3.8) is 0 Å². The molecule has 2 aliphatic rings. The summed E-state index contributed by atoms with van der Waals surface area (Å²) in [6.07, 6.45) is 5.27. The predicted octanol–water partition coefficient (Wildman–Crippen LogP) is 2.33. The van der Waals surface area contributed by atoms with Crippen molar-refractivity contribution < 1.29 is 19.1 Å². The maximum Gasteiger partial charge on any atom is 0.239 e. The van der Waals surface area contributed by atoms with E-state index in [1.807, 2.05) is 25.1 Å². The molecule has 1 fully saturated rings. The van der Waals surface area contributed by atoms with Crippen molar-refractivity contribution in [2.45, 2.75) is 45.1 Å². The topological polar surface area (TPSA) is 76.7 Å². The molecule has 2 amide bonds. The number of nitrogens with one attached hydrogen (secondary N) is 2. The van der Waals surface area contributed by atoms with Crippen LogP contribution in [0.3, 0.4) is 0 Å². The Morgan fingerprint density at radius 3 is 2.60 bits per heavy atom. The van der Waals surface area contributed by atoms with E-state index < -0.39 is 0 Å². The fraction of sp³-hybridized carbons (Fsp3) is 0.579. The van der Waals surface area contributed by atoms with Crippen molar-refractivity contribution in [3.05, 3.63) is 23.8 Å². The van der Waals surface area contributed by atoms with Gasteiger partial charge in [-0.15, -0.1) is 0 Å². The molecule has 1 heterocycles. The number of ether oxygens (including phenoxy) is 2. The molecule has 1 atom stereocenters. The molecule has 1 unspecified atom stereocenters. The lowest BCUT2D eigenvalue weighted by Crippen LogP contribution is -2.40. The third-order valence-electron chi connectivity index (χ3n) is 4.84. The van der Waals surface area contributed by atoms with Gasteiger partial charge >= 0.3 is 0 Å². The van der Waals surface area contributed by atoms with E-state index in [2.05, 4.69) is 10.6 Å². The molecule has 6 nitrogen and oxygen atoms in total. The van der Waals surface area contributed by atoms with Crippen LogP contribution in [0, 0.1) is 5.92 Å². The van der Waals surface area contributed by atoms with Crippen LogP contribution >= 0.6 is 0 Å². The number of fused-ring (bicyclic) bond motifs is 1. The van der Waals surface area contributed by atoms with Crippen LogP contribution < -0.4 is 20.1 Å². The highest BCUT2D eigenvalue weighted by molar-refractivity contribution is 5.86. The van der Waals surface area contributed by atoms with Gasteiger partial charge in [0.15, 0.2) is 11.5 Å². The minimum atomic E-state index is -0.188. The molecule has 6 heteroatoms. The molecule has 0 saturated heterocycles. The predicted molar refractivity (Wildman–Crippen MR) is 93.6 cm³/mol. The number of benzene rings is 1. The fourth-order valence-corrected chi connectivity index (χ4v) is 3.38. The highest BCUT2D eigenvalue weighted by Crippen LogP contribution is 2.32. The quantitative estimate of drug-likeness (QED) is 0.858. The number of hydrogen-bond donors (Lipinski definition) is 2. The molecule has 0 spiro atoms. The molecule has 0 aromatic heterocycles. The maximum absolute atomic E-state index is 12.1. The Morgan fingerprint density at radius 1 is 1.12 bits per heavy atom. The lowest BCUT2D eigenvalue weighted by molar-refractivity contribution is -0.129. The van der Waals surface area contributed by atoms with Crippen molar-refractivity contribution in [1.29, 1.82) is 0 Å². The third-order valence-corrected chi connectivity index (χ3v) is 4.84. The monoisotopic (exact) mass is 346 g/mol. The molecule has 2 N–H and O–H groups in total. The van der Waals surface area contributed by atoms with E-state index in [1.54, 1.807) is 0 Å². The zero-order valence-electron chi connectivity index (χ0n) is 14.7. The third kappa shape index (κ3) is 4.65. The second-order valence-electron chi connectivity index (χ2n) is 6.75. The number of amides is 2. The Kier molecular flexibility index (Phi) is 5.79. The zero-order valence-corrected chi connectivity index (χ0v) is 14.7. The Labute approximate surface area is 148 Å². The lowest BCUT2D eigenvalue weighted by atomic mass is 9.89. The molecular weight excluding hydrogens is 320 g/mol. The van der Waals surface area contributed by atoms with Gasteiger partial charge in [-0.1, -0.05) is 25.3 Å². The molecule has 1 aliphatic carbocycles. The summed E-state index contributed by atoms with van der Waals surface area (Å²) in [5.41, 5.74) is 0.941. The number of carbonyl (C=O) groups is 2. The smallest absolute Gasteiger partial charge is 0.239 e. The second-order valence-corrected chi connectivity index (χ2v) is 6.75. The lowest BCUT2D eigenvalue weighted by Gasteiger charge is -2.22. The molecule has 1 aromatic carbocycles. The van der Waals surface area contributed by atoms with E-state index in [9.17, 15) is 9.59 Å². The van der Waals surface area contributed by atoms with E-state index in [-0.39, 0.29) is 30.3 Å². The van der Waals surface area contributed by atoms with Gasteiger partial charge in [-0.05, 0) is 37.5 Å². The average Bonchev–Trinajstić information content (AvgIpc) is 2.66. The molecule has 0 bridgehead atoms. The summed E-state index contributed by atoms with van der Waals surface area (Å²) in [7, 11) is 0. The van der Waals surface area contributed by atoms with E-state index in [0.717, 1.165) is 37.0 Å². The summed E-state index contributed by atoms with van der Waals surface area (Å²) in [5.74, 6) is 1.31. The Balaban J connectivity index is 1.48. The maximum atomic E-state index is 12.1. The Morgan fingerprint density at radius 2 is 1.84 bits per heavy atom. The van der Waals surface area contributed by atoms with Crippen LogP contribution in [0.25, 0.3) is 0 Å². The van der Waals surface area contributed by atoms with Crippen LogP contribution in [0.5, 0.6) is 11.5 Å². The van der Waals surface area contributed by atoms with Crippen LogP contribution in [0.1, 0.15) is 50.6 Å². The summed E-state index contributed by atoms with van der Waals surface area (Å²) < 4.78 is 11.1. The van der Waals surface area contributed by atoms with Gasteiger partial charge in [0.2, 0.25) is 11.8 Å². The minimum absolute atomic E-state index is 0.00170. The Hall–Kier alpha value is -2.24. The van der Waals surface area contributed by atoms with Gasteiger partial charge in [0, 0.05) is 5.92 Å². The van der Waals surface area contributed by atoms with Gasteiger partial charge < -0.3 is 20.1 Å². The zero-order chi connectivity index (χ0) is 17.6. The molecule has 1 saturated carbocycles. The van der Waals surface area contributed by atoms with Crippen molar-refractivity contribution >= 4 is 11.8 Å². The average molecular weight is 346 g/mol. The van der Waals surface area contributed by atoms with E-state index >= 15 is 0 Å². The summed E-state index contributed by atoms with van der Waals surface area (Å²) in [6.45, 7) is 3.01. The van der Waals surface area contributed by atoms with E-state index in [4.69, 9.17) is 9.47 Å². The molecular formula is C19H26N2O4. The summed E-state index contributed by atoms with van der Waals surface area (Å²) in [4.78, 5) is 24.2. The van der Waals surface area contributed by atoms with Crippen molar-refractivity contribution in [3.8, 4) is 11.5 Å². The van der Waals surface area contributed by atoms with Crippen molar-refractivity contribution in [2.24, 2.45) is 5.92 Å². The number of rotatable bonds is 5. The first-order valence-electron chi connectivity index (χ1n) is 9.10. The highest BCUT2D eigenvalue weighted by atomic mass is 16.6. The number of hydrogen-bond acceptors (Lipinski definition) is 4. The largest absolute Gasteiger partial charge is 0.486 e. The SMILES string of the molecule is CC(NC(=O)CNC(=O)C1CCCCC1)c1ccc2c(c1)OCCO2. The molecule has 136 valence electrons. The van der Waals surface area contributed by atoms with Crippen LogP contribution in [-0.4, -0.2) is 31.6 Å². The first kappa shape index (κ1) is 17.6. The standard InChI is InChI=1S/C19H26N2O4/c1-13(15-7-8-16-17(11-15)25-10-9-24-16)21-18(22)12-20-19(23)14-5-3-2-4-6-14/h7-8,11,13-14H,2-6,9-10,12H2,1H3,(H,20,23)(H,21,22). The summed E-state index contributed by atoms with van der Waals surface area (Å²) in [5, 5.41) is 5.67. The van der Waals surface area contributed by atoms with Crippen LogP contribution in [0.2, 0.25) is 0 Å². The molecule has 3 rings (SSSR count). The summed E-state index contributed by atoms with van der Waals surface area (Å²) >= 11 is 0. The van der Waals surface area contributed by atoms with Gasteiger partial charge in [0.25, 0.3) is 0 Å². The normalized spacial score (nSPS) is 18.3. The molecule has 0 radical (unpaired) electrons. The van der Waals surface area contributed by atoms with Gasteiger partial charge in [-0.2, -0.15) is 0 Å². The van der Waals surface area contributed by atoms with Gasteiger partial charge in [-0.3, -0.25) is 9.59 Å². The summed E-state index contributed by atoms with van der Waals surface area (Å²) in [6, 6.07) is 5.49. The second kappa shape index (κ2) is 8.23. The molecule has 1 aromatic rings. The minimum Gasteiger partial charge on any atom is -0.486 e. The van der Waals surface area contributed by atoms with E-state index in [0.29, 0.717) is 19.0 Å². The molecule has 25 heavy (non-hydrogen) atoms. The highest BCUT2D eigenvalue weighted by Gasteiger charge is 2.22. The van der Waals surface area contributed by atoms with Crippen molar-refractivity contribution in [1.82, 2.24) is 10.6 Å². The number of carbonyl (C=O) groups excluding carboxylic acids is 2. The fourth-order valence-electron chi connectivity index (χ4n) is 3.38. The van der Waals surface area contributed by atoms with Crippen LogP contribution in [0.4, 0.5) is 0 Å². The first-order valence-corrected chi connectivity index (χ1v) is 9.10. The van der Waals surface area contributed by atoms with Crippen LogP contribution in [-0.2, 0) is 9.59 Å². The Bertz CT molecular complexity index is 626. The first-order chi connectivity index (χ1) is 12.1. The van der Waals surface area contributed by atoms with Crippen molar-refractivity contribution in [2.75, 3.05) is 19.8 Å². The van der Waals surface area contributed by atoms with Gasteiger partial charge in [0.1, 0.15) is 13.2 Å². The molecule has 1 aliphatic heterocycles. The van der Waals surface area contributed by atoms with E-state index in [1.165, 1.54) is 6.42 Å². The van der Waals surface area contributed by atoms with Gasteiger partial charge in [0.05, 0.1) is 12.6 Å².